The van der Waals surface area contributed by atoms with E-state index < -0.39 is 8.07 Å². The third-order valence-corrected chi connectivity index (χ3v) is 7.93. The van der Waals surface area contributed by atoms with Gasteiger partial charge in [0, 0.05) is 0 Å². The average molecular weight is 157 g/mol. The minimum Gasteiger partial charge on any atom is -0.313 e. The fourth-order valence-electron chi connectivity index (χ4n) is 0.561. The summed E-state index contributed by atoms with van der Waals surface area (Å²) in [4.78, 5) is 0. The molecule has 10 heavy (non-hydrogen) atoms. The fourth-order valence-corrected chi connectivity index (χ4v) is 1.68. The van der Waals surface area contributed by atoms with Crippen LogP contribution in [0.4, 0.5) is 0 Å². The summed E-state index contributed by atoms with van der Waals surface area (Å²) in [6, 6.07) is 1.01. The first-order valence-corrected chi connectivity index (χ1v) is 7.01. The molecule has 0 aliphatic rings. The summed E-state index contributed by atoms with van der Waals surface area (Å²) in [5.74, 6) is 0. The van der Waals surface area contributed by atoms with Crippen molar-refractivity contribution in [3.05, 3.63) is 0 Å². The van der Waals surface area contributed by atoms with Crippen molar-refractivity contribution in [1.29, 1.82) is 5.41 Å². The zero-order chi connectivity index (χ0) is 8.41. The first kappa shape index (κ1) is 9.89. The first-order chi connectivity index (χ1) is 4.31. The van der Waals surface area contributed by atoms with Crippen LogP contribution in [-0.4, -0.2) is 14.3 Å². The van der Waals surface area contributed by atoms with Crippen molar-refractivity contribution in [2.45, 2.75) is 44.9 Å². The van der Waals surface area contributed by atoms with Gasteiger partial charge in [-0.25, -0.2) is 0 Å². The van der Waals surface area contributed by atoms with Crippen molar-refractivity contribution in [1.82, 2.24) is 0 Å². The molecule has 0 saturated heterocycles. The summed E-state index contributed by atoms with van der Waals surface area (Å²) >= 11 is 0. The van der Waals surface area contributed by atoms with Crippen LogP contribution >= 0.6 is 0 Å². The van der Waals surface area contributed by atoms with Crippen molar-refractivity contribution in [2.75, 3.05) is 0 Å². The van der Waals surface area contributed by atoms with Crippen LogP contribution in [0, 0.1) is 5.41 Å². The first-order valence-electron chi connectivity index (χ1n) is 3.80. The van der Waals surface area contributed by atoms with Gasteiger partial charge in [-0.3, -0.25) is 0 Å². The van der Waals surface area contributed by atoms with Crippen LogP contribution in [0.25, 0.3) is 0 Å². The Bertz CT molecular complexity index is 122. The topological polar surface area (TPSA) is 23.9 Å². The maximum Gasteiger partial charge on any atom is 0.0581 e. The Hall–Kier alpha value is -0.113. The van der Waals surface area contributed by atoms with E-state index in [0.717, 1.165) is 6.04 Å². The molecule has 0 aliphatic carbocycles. The second kappa shape index (κ2) is 2.87. The molecule has 0 amide bonds. The molecule has 0 heterocycles. The highest BCUT2D eigenvalue weighted by Crippen LogP contribution is 2.37. The second-order valence-electron chi connectivity index (χ2n) is 4.54. The molecule has 1 N–H and O–H groups in total. The molecule has 0 bridgehead atoms. The molecule has 2 heteroatoms. The molecule has 0 fully saturated rings. The van der Waals surface area contributed by atoms with Gasteiger partial charge in [0.05, 0.1) is 8.07 Å². The molecule has 0 aromatic rings. The lowest BCUT2D eigenvalue weighted by molar-refractivity contribution is 0.721. The molecule has 0 aliphatic heterocycles. The highest BCUT2D eigenvalue weighted by molar-refractivity contribution is 6.82. The summed E-state index contributed by atoms with van der Waals surface area (Å²) in [7, 11) is -1.15. The largest absolute Gasteiger partial charge is 0.313 e. The number of rotatable bonds is 2. The number of hydrogen-bond acceptors (Lipinski definition) is 1. The lowest BCUT2D eigenvalue weighted by atomic mass is 10.2. The fraction of sp³-hybridized carbons (Fsp3) is 0.875. The highest BCUT2D eigenvalue weighted by Gasteiger charge is 2.33. The van der Waals surface area contributed by atoms with Crippen LogP contribution < -0.4 is 0 Å². The van der Waals surface area contributed by atoms with Crippen LogP contribution in [0.5, 0.6) is 0 Å². The maximum atomic E-state index is 7.05. The van der Waals surface area contributed by atoms with Gasteiger partial charge in [-0.1, -0.05) is 33.9 Å². The van der Waals surface area contributed by atoms with E-state index in [1.54, 1.807) is 6.21 Å². The molecule has 0 aromatic heterocycles. The Morgan fingerprint density at radius 3 is 1.80 bits per heavy atom. The van der Waals surface area contributed by atoms with Gasteiger partial charge in [-0.15, -0.1) is 0 Å². The minimum atomic E-state index is -1.15. The van der Waals surface area contributed by atoms with Crippen LogP contribution in [0.1, 0.15) is 20.8 Å². The molecule has 0 aromatic carbocycles. The van der Waals surface area contributed by atoms with Crippen LogP contribution in [0.2, 0.25) is 24.2 Å². The second-order valence-corrected chi connectivity index (χ2v) is 10.2. The molecule has 60 valence electrons. The van der Waals surface area contributed by atoms with Crippen LogP contribution in [-0.2, 0) is 0 Å². The van der Waals surface area contributed by atoms with Crippen molar-refractivity contribution in [3.63, 3.8) is 0 Å². The van der Waals surface area contributed by atoms with Gasteiger partial charge >= 0.3 is 0 Å². The number of hydrogen-bond donors (Lipinski definition) is 1. The summed E-state index contributed by atoms with van der Waals surface area (Å²) in [6.07, 6.45) is 1.57. The van der Waals surface area contributed by atoms with Crippen LogP contribution in [0.3, 0.4) is 0 Å². The average Bonchev–Trinajstić information content (AvgIpc) is 1.61. The monoisotopic (exact) mass is 157 g/mol. The van der Waals surface area contributed by atoms with Gasteiger partial charge in [0.1, 0.15) is 0 Å². The standard InChI is InChI=1S/C8H19NSi/c1-8(2,3)10(4,5)7-6-9/h6,9H,7H2,1-5H3. The van der Waals surface area contributed by atoms with E-state index in [4.69, 9.17) is 5.41 Å². The van der Waals surface area contributed by atoms with Crippen LogP contribution in [0.15, 0.2) is 0 Å². The van der Waals surface area contributed by atoms with Gasteiger partial charge in [0.25, 0.3) is 0 Å². The van der Waals surface area contributed by atoms with E-state index in [0.29, 0.717) is 5.04 Å². The number of nitrogens with one attached hydrogen (secondary N) is 1. The SMILES string of the molecule is CC(C)(C)[Si](C)(C)CC=N. The van der Waals surface area contributed by atoms with E-state index in [1.807, 2.05) is 0 Å². The Morgan fingerprint density at radius 1 is 1.30 bits per heavy atom. The van der Waals surface area contributed by atoms with Crippen molar-refractivity contribution >= 4 is 14.3 Å². The highest BCUT2D eigenvalue weighted by atomic mass is 28.3. The van der Waals surface area contributed by atoms with Crippen molar-refractivity contribution < 1.29 is 0 Å². The molecular formula is C8H19NSi. The van der Waals surface area contributed by atoms with Gasteiger partial charge in [-0.05, 0) is 17.3 Å². The molecule has 0 spiro atoms. The van der Waals surface area contributed by atoms with E-state index in [-0.39, 0.29) is 0 Å². The van der Waals surface area contributed by atoms with Gasteiger partial charge in [0.2, 0.25) is 0 Å². The third-order valence-electron chi connectivity index (χ3n) is 2.64. The van der Waals surface area contributed by atoms with E-state index >= 15 is 0 Å². The molecule has 0 rings (SSSR count). The molecule has 0 saturated carbocycles. The lowest BCUT2D eigenvalue weighted by Crippen LogP contribution is -2.36. The van der Waals surface area contributed by atoms with Gasteiger partial charge < -0.3 is 5.41 Å². The molecule has 0 unspecified atom stereocenters. The predicted molar refractivity (Wildman–Crippen MR) is 50.8 cm³/mol. The molecule has 1 nitrogen and oxygen atoms in total. The quantitative estimate of drug-likeness (QED) is 0.470. The van der Waals surface area contributed by atoms with E-state index in [9.17, 15) is 0 Å². The Labute approximate surface area is 65.4 Å². The van der Waals surface area contributed by atoms with E-state index in [1.165, 1.54) is 0 Å². The minimum absolute atomic E-state index is 0.435. The third kappa shape index (κ3) is 2.25. The van der Waals surface area contributed by atoms with E-state index in [2.05, 4.69) is 33.9 Å². The summed E-state index contributed by atoms with van der Waals surface area (Å²) in [5.41, 5.74) is 0. The van der Waals surface area contributed by atoms with Crippen molar-refractivity contribution in [2.24, 2.45) is 0 Å². The summed E-state index contributed by atoms with van der Waals surface area (Å²) in [5, 5.41) is 7.48. The molecule has 0 radical (unpaired) electrons. The zero-order valence-corrected chi connectivity index (χ0v) is 8.78. The normalized spacial score (nSPS) is 13.3. The Kier molecular flexibility index (Phi) is 2.83. The summed E-state index contributed by atoms with van der Waals surface area (Å²) in [6.45, 7) is 11.5. The van der Waals surface area contributed by atoms with Gasteiger partial charge in [0.15, 0.2) is 0 Å². The Balaban J connectivity index is 4.23. The van der Waals surface area contributed by atoms with Gasteiger partial charge in [-0.2, -0.15) is 0 Å². The zero-order valence-electron chi connectivity index (χ0n) is 7.78. The smallest absolute Gasteiger partial charge is 0.0581 e. The predicted octanol–water partition coefficient (Wildman–Crippen LogP) is 3.14. The molecule has 0 atom stereocenters. The Morgan fingerprint density at radius 2 is 1.70 bits per heavy atom. The lowest BCUT2D eigenvalue weighted by Gasteiger charge is -2.35. The maximum absolute atomic E-state index is 7.05. The summed E-state index contributed by atoms with van der Waals surface area (Å²) < 4.78 is 0. The van der Waals surface area contributed by atoms with Crippen molar-refractivity contribution in [3.8, 4) is 0 Å². The molecular weight excluding hydrogens is 138 g/mol.